The van der Waals surface area contributed by atoms with Crippen molar-refractivity contribution in [3.63, 3.8) is 0 Å². The monoisotopic (exact) mass is 297 g/mol. The third-order valence-electron chi connectivity index (χ3n) is 3.80. The highest BCUT2D eigenvalue weighted by Crippen LogP contribution is 2.49. The third-order valence-corrected chi connectivity index (χ3v) is 6.34. The predicted octanol–water partition coefficient (Wildman–Crippen LogP) is 2.16. The molecule has 0 saturated heterocycles. The molecule has 0 spiro atoms. The van der Waals surface area contributed by atoms with Gasteiger partial charge in [0.15, 0.2) is 9.84 Å². The molecule has 0 aromatic heterocycles. The molecule has 1 aromatic rings. The standard InChI is InChI=1S/C13H15NO5S/c1-7-5-9-10(6-8(7)12(15)19-4)20(17,18)13(2,3)11(9)14-16/h5-6,11H,1-4H3. The Hall–Kier alpha value is -1.76. The molecule has 1 atom stereocenters. The first-order valence-corrected chi connectivity index (χ1v) is 7.46. The van der Waals surface area contributed by atoms with E-state index in [0.717, 1.165) is 0 Å². The van der Waals surface area contributed by atoms with Crippen molar-refractivity contribution in [2.24, 2.45) is 5.18 Å². The number of fused-ring (bicyclic) bond motifs is 1. The number of carbonyl (C=O) groups excluding carboxylic acids is 1. The number of hydrogen-bond donors (Lipinski definition) is 0. The summed E-state index contributed by atoms with van der Waals surface area (Å²) in [6, 6.07) is 1.83. The number of nitrogens with zero attached hydrogens (tertiary/aromatic N) is 1. The Morgan fingerprint density at radius 3 is 2.45 bits per heavy atom. The quantitative estimate of drug-likeness (QED) is 0.616. The van der Waals surface area contributed by atoms with Gasteiger partial charge < -0.3 is 4.74 Å². The number of methoxy groups -OCH3 is 1. The second kappa shape index (κ2) is 4.37. The van der Waals surface area contributed by atoms with Crippen LogP contribution in [-0.4, -0.2) is 26.2 Å². The van der Waals surface area contributed by atoms with E-state index >= 15 is 0 Å². The van der Waals surface area contributed by atoms with E-state index < -0.39 is 26.6 Å². The van der Waals surface area contributed by atoms with Gasteiger partial charge in [-0.05, 0) is 32.4 Å². The number of carbonyl (C=O) groups is 1. The minimum absolute atomic E-state index is 0.0156. The largest absolute Gasteiger partial charge is 0.465 e. The fourth-order valence-corrected chi connectivity index (χ4v) is 4.26. The first-order valence-electron chi connectivity index (χ1n) is 5.98. The maximum Gasteiger partial charge on any atom is 0.338 e. The molecule has 2 rings (SSSR count). The summed E-state index contributed by atoms with van der Waals surface area (Å²) in [4.78, 5) is 22.7. The molecule has 0 radical (unpaired) electrons. The Kier molecular flexibility index (Phi) is 3.20. The van der Waals surface area contributed by atoms with Crippen LogP contribution >= 0.6 is 0 Å². The van der Waals surface area contributed by atoms with Crippen LogP contribution in [0.15, 0.2) is 22.2 Å². The van der Waals surface area contributed by atoms with Crippen LogP contribution in [0.2, 0.25) is 0 Å². The number of benzene rings is 1. The molecule has 1 heterocycles. The molecule has 1 aromatic carbocycles. The average Bonchev–Trinajstić information content (AvgIpc) is 2.51. The molecule has 0 amide bonds. The molecule has 0 aliphatic carbocycles. The van der Waals surface area contributed by atoms with Crippen molar-refractivity contribution in [2.75, 3.05) is 7.11 Å². The highest BCUT2D eigenvalue weighted by atomic mass is 32.2. The normalized spacial score (nSPS) is 22.1. The molecule has 20 heavy (non-hydrogen) atoms. The van der Waals surface area contributed by atoms with Gasteiger partial charge in [-0.2, -0.15) is 4.91 Å². The summed E-state index contributed by atoms with van der Waals surface area (Å²) in [6.07, 6.45) is 0. The fourth-order valence-electron chi connectivity index (χ4n) is 2.48. The van der Waals surface area contributed by atoms with Crippen LogP contribution in [0.4, 0.5) is 0 Å². The summed E-state index contributed by atoms with van der Waals surface area (Å²) < 4.78 is 28.3. The summed E-state index contributed by atoms with van der Waals surface area (Å²) in [7, 11) is -2.50. The molecule has 1 aliphatic rings. The highest BCUT2D eigenvalue weighted by Gasteiger charge is 2.53. The maximum absolute atomic E-state index is 12.5. The second-order valence-corrected chi connectivity index (χ2v) is 7.81. The third kappa shape index (κ3) is 1.69. The molecule has 0 N–H and O–H groups in total. The van der Waals surface area contributed by atoms with E-state index in [1.807, 2.05) is 0 Å². The van der Waals surface area contributed by atoms with Crippen molar-refractivity contribution in [3.05, 3.63) is 33.7 Å². The van der Waals surface area contributed by atoms with Crippen LogP contribution in [-0.2, 0) is 14.6 Å². The van der Waals surface area contributed by atoms with E-state index in [0.29, 0.717) is 11.1 Å². The van der Waals surface area contributed by atoms with Gasteiger partial charge in [-0.1, -0.05) is 11.2 Å². The van der Waals surface area contributed by atoms with Crippen molar-refractivity contribution in [1.29, 1.82) is 0 Å². The Morgan fingerprint density at radius 1 is 1.35 bits per heavy atom. The number of ether oxygens (including phenoxy) is 1. The fraction of sp³-hybridized carbons (Fsp3) is 0.462. The molecule has 1 aliphatic heterocycles. The van der Waals surface area contributed by atoms with Crippen LogP contribution in [0.1, 0.15) is 41.4 Å². The smallest absolute Gasteiger partial charge is 0.338 e. The Balaban J connectivity index is 2.80. The lowest BCUT2D eigenvalue weighted by Gasteiger charge is -2.19. The van der Waals surface area contributed by atoms with Gasteiger partial charge in [-0.3, -0.25) is 0 Å². The van der Waals surface area contributed by atoms with Gasteiger partial charge in [-0.25, -0.2) is 13.2 Å². The lowest BCUT2D eigenvalue weighted by atomic mass is 9.94. The Bertz CT molecular complexity index is 706. The first-order chi connectivity index (χ1) is 9.18. The van der Waals surface area contributed by atoms with Crippen LogP contribution in [0.3, 0.4) is 0 Å². The molecule has 0 bridgehead atoms. The molecular formula is C13H15NO5S. The van der Waals surface area contributed by atoms with E-state index in [-0.39, 0.29) is 10.5 Å². The Labute approximate surface area is 117 Å². The zero-order chi connectivity index (χ0) is 15.3. The molecule has 7 heteroatoms. The van der Waals surface area contributed by atoms with Crippen LogP contribution in [0.5, 0.6) is 0 Å². The van der Waals surface area contributed by atoms with E-state index in [4.69, 9.17) is 0 Å². The van der Waals surface area contributed by atoms with Gasteiger partial charge in [0, 0.05) is 5.56 Å². The van der Waals surface area contributed by atoms with Crippen LogP contribution < -0.4 is 0 Å². The van der Waals surface area contributed by atoms with E-state index in [1.54, 1.807) is 6.92 Å². The lowest BCUT2D eigenvalue weighted by molar-refractivity contribution is 0.0599. The Morgan fingerprint density at radius 2 is 1.95 bits per heavy atom. The number of nitroso groups, excluding NO2 is 1. The van der Waals surface area contributed by atoms with Gasteiger partial charge in [0.2, 0.25) is 0 Å². The van der Waals surface area contributed by atoms with Crippen LogP contribution in [0.25, 0.3) is 0 Å². The van der Waals surface area contributed by atoms with Crippen molar-refractivity contribution in [3.8, 4) is 0 Å². The van der Waals surface area contributed by atoms with E-state index in [9.17, 15) is 18.1 Å². The molecular weight excluding hydrogens is 282 g/mol. The summed E-state index contributed by atoms with van der Waals surface area (Å²) in [5, 5.41) is 2.97. The number of hydrogen-bond acceptors (Lipinski definition) is 6. The molecule has 0 saturated carbocycles. The minimum atomic E-state index is -3.73. The zero-order valence-electron chi connectivity index (χ0n) is 11.6. The highest BCUT2D eigenvalue weighted by molar-refractivity contribution is 7.93. The predicted molar refractivity (Wildman–Crippen MR) is 72.3 cm³/mol. The summed E-state index contributed by atoms with van der Waals surface area (Å²) in [5.41, 5.74) is 1.07. The van der Waals surface area contributed by atoms with Gasteiger partial charge >= 0.3 is 5.97 Å². The van der Waals surface area contributed by atoms with Crippen molar-refractivity contribution in [1.82, 2.24) is 0 Å². The van der Waals surface area contributed by atoms with E-state index in [1.165, 1.54) is 33.1 Å². The van der Waals surface area contributed by atoms with E-state index in [2.05, 4.69) is 9.91 Å². The SMILES string of the molecule is COC(=O)c1cc2c(cc1C)C(N=O)C(C)(C)S2(=O)=O. The second-order valence-electron chi connectivity index (χ2n) is 5.31. The van der Waals surface area contributed by atoms with Crippen molar-refractivity contribution in [2.45, 2.75) is 36.5 Å². The zero-order valence-corrected chi connectivity index (χ0v) is 12.4. The summed E-state index contributed by atoms with van der Waals surface area (Å²) in [5.74, 6) is -0.610. The first kappa shape index (κ1) is 14.6. The molecule has 1 unspecified atom stereocenters. The van der Waals surface area contributed by atoms with Crippen molar-refractivity contribution >= 4 is 15.8 Å². The summed E-state index contributed by atoms with van der Waals surface area (Å²) in [6.45, 7) is 4.58. The molecule has 0 fully saturated rings. The minimum Gasteiger partial charge on any atom is -0.465 e. The van der Waals surface area contributed by atoms with Gasteiger partial charge in [0.1, 0.15) is 10.8 Å². The van der Waals surface area contributed by atoms with Gasteiger partial charge in [0.05, 0.1) is 17.6 Å². The number of sulfone groups is 1. The van der Waals surface area contributed by atoms with Crippen LogP contribution in [0, 0.1) is 11.8 Å². The van der Waals surface area contributed by atoms with Gasteiger partial charge in [0.25, 0.3) is 0 Å². The summed E-state index contributed by atoms with van der Waals surface area (Å²) >= 11 is 0. The molecule has 6 nitrogen and oxygen atoms in total. The maximum atomic E-state index is 12.5. The van der Waals surface area contributed by atoms with Gasteiger partial charge in [-0.15, -0.1) is 0 Å². The lowest BCUT2D eigenvalue weighted by Crippen LogP contribution is -2.31. The number of aryl methyl sites for hydroxylation is 1. The molecule has 108 valence electrons. The average molecular weight is 297 g/mol. The topological polar surface area (TPSA) is 89.9 Å². The van der Waals surface area contributed by atoms with Crippen molar-refractivity contribution < 1.29 is 17.9 Å². The number of esters is 1. The number of rotatable bonds is 2.